The number of methoxy groups -OCH3 is 1. The predicted molar refractivity (Wildman–Crippen MR) is 128 cm³/mol. The average Bonchev–Trinajstić information content (AvgIpc) is 3.30. The molecule has 0 unspecified atom stereocenters. The monoisotopic (exact) mass is 531 g/mol. The molecule has 3 N–H and O–H groups in total. The SMILES string of the molecule is CNC(=O)c1n[nH]c2cc(-c3cc(C(=O)NCc4cc(OC(F)(F)F)ccc4F)c(OC)nc3C)ccc12. The average molecular weight is 531 g/mol. The molecule has 2 heterocycles. The zero-order valence-corrected chi connectivity index (χ0v) is 20.3. The highest BCUT2D eigenvalue weighted by atomic mass is 19.4. The van der Waals surface area contributed by atoms with Gasteiger partial charge in [-0.25, -0.2) is 9.37 Å². The number of benzene rings is 2. The number of alkyl halides is 3. The summed E-state index contributed by atoms with van der Waals surface area (Å²) >= 11 is 0. The van der Waals surface area contributed by atoms with Crippen LogP contribution < -0.4 is 20.1 Å². The summed E-state index contributed by atoms with van der Waals surface area (Å²) in [5.41, 5.74) is 2.39. The first-order chi connectivity index (χ1) is 18.0. The van der Waals surface area contributed by atoms with Gasteiger partial charge in [0.15, 0.2) is 5.69 Å². The van der Waals surface area contributed by atoms with E-state index in [0.29, 0.717) is 27.7 Å². The van der Waals surface area contributed by atoms with Crippen molar-refractivity contribution in [2.75, 3.05) is 14.2 Å². The predicted octanol–water partition coefficient (Wildman–Crippen LogP) is 4.27. The van der Waals surface area contributed by atoms with Crippen LogP contribution in [0.3, 0.4) is 0 Å². The number of nitrogens with one attached hydrogen (secondary N) is 3. The Morgan fingerprint density at radius 1 is 1.08 bits per heavy atom. The van der Waals surface area contributed by atoms with Gasteiger partial charge in [-0.3, -0.25) is 14.7 Å². The molecule has 0 saturated heterocycles. The summed E-state index contributed by atoms with van der Waals surface area (Å²) in [4.78, 5) is 29.4. The number of carbonyl (C=O) groups is 2. The number of hydrogen-bond donors (Lipinski definition) is 3. The zero-order chi connectivity index (χ0) is 27.6. The fourth-order valence-electron chi connectivity index (χ4n) is 3.83. The number of aromatic nitrogens is 3. The molecular formula is C25H21F4N5O4. The van der Waals surface area contributed by atoms with Crippen molar-refractivity contribution in [3.05, 3.63) is 70.8 Å². The number of fused-ring (bicyclic) bond motifs is 1. The van der Waals surface area contributed by atoms with Crippen molar-refractivity contribution in [1.29, 1.82) is 0 Å². The first-order valence-electron chi connectivity index (χ1n) is 11.1. The van der Waals surface area contributed by atoms with Gasteiger partial charge in [0.1, 0.15) is 17.1 Å². The van der Waals surface area contributed by atoms with Crippen LogP contribution >= 0.6 is 0 Å². The third-order valence-corrected chi connectivity index (χ3v) is 5.62. The summed E-state index contributed by atoms with van der Waals surface area (Å²) in [6.45, 7) is 1.29. The third kappa shape index (κ3) is 5.51. The quantitative estimate of drug-likeness (QED) is 0.307. The van der Waals surface area contributed by atoms with Crippen molar-refractivity contribution in [3.8, 4) is 22.8 Å². The van der Waals surface area contributed by atoms with Gasteiger partial charge in [0.25, 0.3) is 11.8 Å². The Labute approximate surface area is 213 Å². The summed E-state index contributed by atoms with van der Waals surface area (Å²) in [7, 11) is 2.82. The molecule has 2 aromatic carbocycles. The van der Waals surface area contributed by atoms with Gasteiger partial charge in [0, 0.05) is 35.8 Å². The molecule has 0 bridgehead atoms. The van der Waals surface area contributed by atoms with Crippen molar-refractivity contribution in [2.24, 2.45) is 0 Å². The summed E-state index contributed by atoms with van der Waals surface area (Å²) in [6.07, 6.45) is -4.95. The number of H-pyrrole nitrogens is 1. The van der Waals surface area contributed by atoms with Crippen LogP contribution in [0.15, 0.2) is 42.5 Å². The lowest BCUT2D eigenvalue weighted by Crippen LogP contribution is -2.24. The standard InChI is InChI=1S/C25H21F4N5O4/c1-12-17(13-4-6-16-20(9-13)33-34-21(16)23(36)30-2)10-18(24(32-12)37-3)22(35)31-11-14-8-15(5-7-19(14)26)38-25(27,28)29/h4-10H,11H2,1-3H3,(H,30,36)(H,31,35)(H,33,34). The first-order valence-corrected chi connectivity index (χ1v) is 11.1. The minimum absolute atomic E-state index is 0.00268. The van der Waals surface area contributed by atoms with Crippen molar-refractivity contribution in [2.45, 2.75) is 19.8 Å². The highest BCUT2D eigenvalue weighted by molar-refractivity contribution is 6.05. The van der Waals surface area contributed by atoms with Gasteiger partial charge in [-0.05, 0) is 48.9 Å². The fraction of sp³-hybridized carbons (Fsp3) is 0.200. The molecule has 0 fully saturated rings. The number of aromatic amines is 1. The lowest BCUT2D eigenvalue weighted by molar-refractivity contribution is -0.274. The molecule has 0 saturated carbocycles. The largest absolute Gasteiger partial charge is 0.573 e. The highest BCUT2D eigenvalue weighted by Gasteiger charge is 2.31. The molecular weight excluding hydrogens is 510 g/mol. The van der Waals surface area contributed by atoms with Crippen molar-refractivity contribution in [3.63, 3.8) is 0 Å². The number of aryl methyl sites for hydroxylation is 1. The number of ether oxygens (including phenoxy) is 2. The van der Waals surface area contributed by atoms with E-state index in [1.54, 1.807) is 25.1 Å². The second-order valence-electron chi connectivity index (χ2n) is 8.07. The molecule has 0 aliphatic rings. The number of amides is 2. The van der Waals surface area contributed by atoms with Crippen LogP contribution in [0.1, 0.15) is 32.1 Å². The number of pyridine rings is 1. The second kappa shape index (κ2) is 10.4. The molecule has 38 heavy (non-hydrogen) atoms. The van der Waals surface area contributed by atoms with Gasteiger partial charge in [0.05, 0.1) is 12.6 Å². The summed E-state index contributed by atoms with van der Waals surface area (Å²) in [6, 6.07) is 9.23. The number of nitrogens with zero attached hydrogens (tertiary/aromatic N) is 2. The molecule has 0 spiro atoms. The van der Waals surface area contributed by atoms with Crippen LogP contribution in [-0.4, -0.2) is 47.5 Å². The minimum Gasteiger partial charge on any atom is -0.480 e. The smallest absolute Gasteiger partial charge is 0.480 e. The second-order valence-corrected chi connectivity index (χ2v) is 8.07. The van der Waals surface area contributed by atoms with E-state index in [4.69, 9.17) is 4.74 Å². The molecule has 198 valence electrons. The maximum Gasteiger partial charge on any atom is 0.573 e. The van der Waals surface area contributed by atoms with Gasteiger partial charge in [-0.2, -0.15) is 5.10 Å². The zero-order valence-electron chi connectivity index (χ0n) is 20.3. The van der Waals surface area contributed by atoms with Gasteiger partial charge >= 0.3 is 6.36 Å². The normalized spacial score (nSPS) is 11.3. The number of hydrogen-bond acceptors (Lipinski definition) is 6. The molecule has 0 atom stereocenters. The van der Waals surface area contributed by atoms with Crippen LogP contribution in [0.25, 0.3) is 22.0 Å². The lowest BCUT2D eigenvalue weighted by atomic mass is 10.00. The Morgan fingerprint density at radius 2 is 1.84 bits per heavy atom. The van der Waals surface area contributed by atoms with Crippen LogP contribution in [0, 0.1) is 12.7 Å². The topological polar surface area (TPSA) is 118 Å². The van der Waals surface area contributed by atoms with Crippen LogP contribution in [-0.2, 0) is 6.54 Å². The molecule has 13 heteroatoms. The van der Waals surface area contributed by atoms with E-state index in [1.807, 2.05) is 0 Å². The van der Waals surface area contributed by atoms with Crippen LogP contribution in [0.4, 0.5) is 17.6 Å². The molecule has 0 aliphatic carbocycles. The molecule has 2 aromatic heterocycles. The van der Waals surface area contributed by atoms with E-state index in [1.165, 1.54) is 20.2 Å². The van der Waals surface area contributed by atoms with Crippen molar-refractivity contribution >= 4 is 22.7 Å². The minimum atomic E-state index is -4.95. The van der Waals surface area contributed by atoms with Gasteiger partial charge < -0.3 is 20.1 Å². The van der Waals surface area contributed by atoms with Crippen LogP contribution in [0.5, 0.6) is 11.6 Å². The lowest BCUT2D eigenvalue weighted by Gasteiger charge is -2.14. The van der Waals surface area contributed by atoms with Gasteiger partial charge in [0.2, 0.25) is 5.88 Å². The Hall–Kier alpha value is -4.68. The summed E-state index contributed by atoms with van der Waals surface area (Å²) in [5.74, 6) is -2.48. The first kappa shape index (κ1) is 26.4. The van der Waals surface area contributed by atoms with E-state index >= 15 is 0 Å². The van der Waals surface area contributed by atoms with E-state index in [2.05, 4.69) is 30.6 Å². The van der Waals surface area contributed by atoms with E-state index in [9.17, 15) is 27.2 Å². The van der Waals surface area contributed by atoms with Crippen molar-refractivity contribution < 1.29 is 36.6 Å². The Morgan fingerprint density at radius 3 is 2.53 bits per heavy atom. The molecule has 4 aromatic rings. The van der Waals surface area contributed by atoms with E-state index < -0.39 is 30.4 Å². The number of halogens is 4. The Balaban J connectivity index is 1.62. The molecule has 0 radical (unpaired) electrons. The Kier molecular flexibility index (Phi) is 7.19. The van der Waals surface area contributed by atoms with Gasteiger partial charge in [-0.15, -0.1) is 13.2 Å². The maximum absolute atomic E-state index is 14.2. The van der Waals surface area contributed by atoms with Crippen LogP contribution in [0.2, 0.25) is 0 Å². The molecule has 9 nitrogen and oxygen atoms in total. The van der Waals surface area contributed by atoms with E-state index in [0.717, 1.165) is 18.2 Å². The number of carbonyl (C=O) groups excluding carboxylic acids is 2. The fourth-order valence-corrected chi connectivity index (χ4v) is 3.83. The highest BCUT2D eigenvalue weighted by Crippen LogP contribution is 2.31. The van der Waals surface area contributed by atoms with Crippen molar-refractivity contribution in [1.82, 2.24) is 25.8 Å². The summed E-state index contributed by atoms with van der Waals surface area (Å²) < 4.78 is 60.8. The van der Waals surface area contributed by atoms with E-state index in [-0.39, 0.29) is 28.6 Å². The molecule has 2 amide bonds. The van der Waals surface area contributed by atoms with Gasteiger partial charge in [-0.1, -0.05) is 6.07 Å². The maximum atomic E-state index is 14.2. The molecule has 0 aliphatic heterocycles. The Bertz CT molecular complexity index is 1530. The molecule has 4 rings (SSSR count). The summed E-state index contributed by atoms with van der Waals surface area (Å²) in [5, 5.41) is 12.4. The number of rotatable bonds is 7. The third-order valence-electron chi connectivity index (χ3n) is 5.62.